The predicted octanol–water partition coefficient (Wildman–Crippen LogP) is 2.75. The number of hydrogen-bond acceptors (Lipinski definition) is 5. The summed E-state index contributed by atoms with van der Waals surface area (Å²) in [6, 6.07) is 7.44. The molecule has 1 aliphatic heterocycles. The standard InChI is InChI=1S/C15H19N3O2S2/c1-16-14-10-12(6-7-17-14)13-4-2-8-18(11-13)22(19,20)15-5-3-9-21-15/h3,5-7,9-10,13H,2,4,8,11H2,1H3,(H,16,17). The van der Waals surface area contributed by atoms with E-state index in [-0.39, 0.29) is 5.92 Å². The fraction of sp³-hybridized carbons (Fsp3) is 0.400. The minimum absolute atomic E-state index is 0.221. The lowest BCUT2D eigenvalue weighted by atomic mass is 9.92. The van der Waals surface area contributed by atoms with Gasteiger partial charge in [0.15, 0.2) is 0 Å². The first-order valence-corrected chi connectivity index (χ1v) is 9.60. The maximum atomic E-state index is 12.7. The Morgan fingerprint density at radius 3 is 3.00 bits per heavy atom. The molecule has 22 heavy (non-hydrogen) atoms. The molecule has 3 heterocycles. The zero-order chi connectivity index (χ0) is 15.6. The van der Waals surface area contributed by atoms with Gasteiger partial charge in [0.1, 0.15) is 10.0 Å². The summed E-state index contributed by atoms with van der Waals surface area (Å²) in [4.78, 5) is 4.22. The Kier molecular flexibility index (Phi) is 4.46. The topological polar surface area (TPSA) is 62.3 Å². The maximum Gasteiger partial charge on any atom is 0.252 e. The van der Waals surface area contributed by atoms with Crippen LogP contribution < -0.4 is 5.32 Å². The van der Waals surface area contributed by atoms with E-state index in [4.69, 9.17) is 0 Å². The fourth-order valence-electron chi connectivity index (χ4n) is 2.81. The maximum absolute atomic E-state index is 12.7. The summed E-state index contributed by atoms with van der Waals surface area (Å²) in [5, 5.41) is 4.83. The van der Waals surface area contributed by atoms with E-state index in [1.54, 1.807) is 28.0 Å². The lowest BCUT2D eigenvalue weighted by molar-refractivity contribution is 0.316. The van der Waals surface area contributed by atoms with Crippen LogP contribution in [0.3, 0.4) is 0 Å². The Morgan fingerprint density at radius 2 is 2.27 bits per heavy atom. The molecule has 0 bridgehead atoms. The first kappa shape index (κ1) is 15.5. The van der Waals surface area contributed by atoms with Crippen LogP contribution in [0.25, 0.3) is 0 Å². The normalized spacial score (nSPS) is 20.0. The van der Waals surface area contributed by atoms with Gasteiger partial charge in [-0.15, -0.1) is 11.3 Å². The smallest absolute Gasteiger partial charge is 0.252 e. The molecule has 0 radical (unpaired) electrons. The third-order valence-corrected chi connectivity index (χ3v) is 7.22. The van der Waals surface area contributed by atoms with Crippen molar-refractivity contribution < 1.29 is 8.42 Å². The quantitative estimate of drug-likeness (QED) is 0.932. The minimum Gasteiger partial charge on any atom is -0.373 e. The summed E-state index contributed by atoms with van der Waals surface area (Å²) in [7, 11) is -1.52. The molecule has 1 unspecified atom stereocenters. The largest absolute Gasteiger partial charge is 0.373 e. The molecule has 118 valence electrons. The van der Waals surface area contributed by atoms with Gasteiger partial charge < -0.3 is 5.32 Å². The van der Waals surface area contributed by atoms with Crippen LogP contribution in [0.5, 0.6) is 0 Å². The molecule has 2 aromatic heterocycles. The van der Waals surface area contributed by atoms with Crippen LogP contribution in [0.15, 0.2) is 40.1 Å². The highest BCUT2D eigenvalue weighted by atomic mass is 32.2. The molecule has 0 spiro atoms. The van der Waals surface area contributed by atoms with Crippen molar-refractivity contribution in [1.82, 2.24) is 9.29 Å². The first-order valence-electron chi connectivity index (χ1n) is 7.28. The molecule has 0 aromatic carbocycles. The highest BCUT2D eigenvalue weighted by Crippen LogP contribution is 2.31. The van der Waals surface area contributed by atoms with Crippen molar-refractivity contribution >= 4 is 27.2 Å². The van der Waals surface area contributed by atoms with Crippen LogP contribution in [0, 0.1) is 0 Å². The van der Waals surface area contributed by atoms with Crippen molar-refractivity contribution in [3.63, 3.8) is 0 Å². The van der Waals surface area contributed by atoms with E-state index in [0.717, 1.165) is 24.2 Å². The molecule has 5 nitrogen and oxygen atoms in total. The van der Waals surface area contributed by atoms with Crippen LogP contribution in [-0.4, -0.2) is 37.8 Å². The molecule has 1 atom stereocenters. The first-order chi connectivity index (χ1) is 10.6. The number of anilines is 1. The predicted molar refractivity (Wildman–Crippen MR) is 88.8 cm³/mol. The van der Waals surface area contributed by atoms with Crippen molar-refractivity contribution in [3.8, 4) is 0 Å². The van der Waals surface area contributed by atoms with Crippen LogP contribution in [0.1, 0.15) is 24.3 Å². The summed E-state index contributed by atoms with van der Waals surface area (Å²) >= 11 is 1.28. The van der Waals surface area contributed by atoms with Crippen molar-refractivity contribution in [2.75, 3.05) is 25.5 Å². The van der Waals surface area contributed by atoms with Gasteiger partial charge in [-0.05, 0) is 47.9 Å². The van der Waals surface area contributed by atoms with Crippen molar-refractivity contribution in [2.45, 2.75) is 23.0 Å². The summed E-state index contributed by atoms with van der Waals surface area (Å²) in [5.74, 6) is 1.04. The van der Waals surface area contributed by atoms with Gasteiger partial charge in [-0.2, -0.15) is 4.31 Å². The highest BCUT2D eigenvalue weighted by Gasteiger charge is 2.31. The number of nitrogens with zero attached hydrogens (tertiary/aromatic N) is 2. The van der Waals surface area contributed by atoms with Gasteiger partial charge in [0, 0.05) is 26.3 Å². The molecule has 0 aliphatic carbocycles. The summed E-state index contributed by atoms with van der Waals surface area (Å²) in [5.41, 5.74) is 1.14. The van der Waals surface area contributed by atoms with Gasteiger partial charge in [-0.25, -0.2) is 13.4 Å². The Hall–Kier alpha value is -1.44. The van der Waals surface area contributed by atoms with Gasteiger partial charge in [-0.1, -0.05) is 6.07 Å². The molecular formula is C15H19N3O2S2. The highest BCUT2D eigenvalue weighted by molar-refractivity contribution is 7.91. The van der Waals surface area contributed by atoms with E-state index in [1.807, 2.05) is 19.2 Å². The van der Waals surface area contributed by atoms with Crippen LogP contribution in [0.4, 0.5) is 5.82 Å². The molecule has 0 amide bonds. The molecule has 3 rings (SSSR count). The molecule has 1 N–H and O–H groups in total. The second-order valence-electron chi connectivity index (χ2n) is 5.36. The van der Waals surface area contributed by atoms with E-state index in [1.165, 1.54) is 11.3 Å². The molecule has 2 aromatic rings. The van der Waals surface area contributed by atoms with Crippen molar-refractivity contribution in [2.24, 2.45) is 0 Å². The third kappa shape index (κ3) is 3.02. The Bertz CT molecular complexity index is 729. The minimum atomic E-state index is -3.35. The monoisotopic (exact) mass is 337 g/mol. The lowest BCUT2D eigenvalue weighted by Crippen LogP contribution is -2.38. The zero-order valence-electron chi connectivity index (χ0n) is 12.4. The number of aromatic nitrogens is 1. The zero-order valence-corrected chi connectivity index (χ0v) is 14.0. The molecular weight excluding hydrogens is 318 g/mol. The van der Waals surface area contributed by atoms with Crippen molar-refractivity contribution in [3.05, 3.63) is 41.4 Å². The average molecular weight is 337 g/mol. The average Bonchev–Trinajstić information content (AvgIpc) is 3.10. The van der Waals surface area contributed by atoms with E-state index < -0.39 is 10.0 Å². The van der Waals surface area contributed by atoms with E-state index in [2.05, 4.69) is 10.3 Å². The lowest BCUT2D eigenvalue weighted by Gasteiger charge is -2.31. The summed E-state index contributed by atoms with van der Waals surface area (Å²) < 4.78 is 27.4. The second kappa shape index (κ2) is 6.36. The molecule has 1 saturated heterocycles. The van der Waals surface area contributed by atoms with Gasteiger partial charge in [0.25, 0.3) is 10.0 Å². The van der Waals surface area contributed by atoms with Crippen molar-refractivity contribution in [1.29, 1.82) is 0 Å². The molecule has 7 heteroatoms. The van der Waals surface area contributed by atoms with Gasteiger partial charge in [0.2, 0.25) is 0 Å². The number of piperidine rings is 1. The SMILES string of the molecule is CNc1cc(C2CCCN(S(=O)(=O)c3cccs3)C2)ccn1. The van der Waals surface area contributed by atoms with E-state index in [0.29, 0.717) is 17.3 Å². The summed E-state index contributed by atoms with van der Waals surface area (Å²) in [6.45, 7) is 1.13. The van der Waals surface area contributed by atoms with E-state index in [9.17, 15) is 8.42 Å². The number of sulfonamides is 1. The number of nitrogens with one attached hydrogen (secondary N) is 1. The summed E-state index contributed by atoms with van der Waals surface area (Å²) in [6.07, 6.45) is 3.66. The van der Waals surface area contributed by atoms with Gasteiger partial charge >= 0.3 is 0 Å². The number of thiophene rings is 1. The van der Waals surface area contributed by atoms with Gasteiger partial charge in [-0.3, -0.25) is 0 Å². The Labute approximate surface area is 135 Å². The molecule has 1 fully saturated rings. The number of rotatable bonds is 4. The van der Waals surface area contributed by atoms with Crippen LogP contribution >= 0.6 is 11.3 Å². The Balaban J connectivity index is 1.82. The second-order valence-corrected chi connectivity index (χ2v) is 8.47. The van der Waals surface area contributed by atoms with Crippen LogP contribution in [-0.2, 0) is 10.0 Å². The number of hydrogen-bond donors (Lipinski definition) is 1. The Morgan fingerprint density at radius 1 is 1.41 bits per heavy atom. The van der Waals surface area contributed by atoms with Crippen LogP contribution in [0.2, 0.25) is 0 Å². The van der Waals surface area contributed by atoms with E-state index >= 15 is 0 Å². The molecule has 0 saturated carbocycles. The third-order valence-electron chi connectivity index (χ3n) is 3.98. The van der Waals surface area contributed by atoms with Gasteiger partial charge in [0.05, 0.1) is 0 Å². The fourth-order valence-corrected chi connectivity index (χ4v) is 5.48. The number of pyridine rings is 1. The molecule has 1 aliphatic rings.